The summed E-state index contributed by atoms with van der Waals surface area (Å²) in [6.07, 6.45) is -11.1. The van der Waals surface area contributed by atoms with Crippen molar-refractivity contribution < 1.29 is 91.4 Å². The SMILES string of the molecule is NC(N)=[NH+]CCC[C@H](N)C(=O)O.O=C([O-])CCCC(=O)OCCC(F)(F)C(F)(F)C(F)(F)C(F)(F)C(F)(F)C(F)(F)F. The normalized spacial score (nSPS) is 13.9. The zero-order chi connectivity index (χ0) is 34.0. The molecular formula is C19H25F13N4O6. The Morgan fingerprint density at radius 1 is 0.786 bits per heavy atom. The molecule has 1 atom stereocenters. The van der Waals surface area contributed by atoms with Crippen LogP contribution in [0.5, 0.6) is 0 Å². The highest BCUT2D eigenvalue weighted by Gasteiger charge is 2.90. The standard InChI is InChI=1S/C13H11F13O4.C6H14N4O2/c14-8(15,4-5-30-7(29)3-1-2-6(27)28)9(16,17)10(18,19)11(20,21)12(22,23)13(24,25)26;7-4(5(11)12)2-1-3-10-6(8)9/h1-5H2,(H,27,28);4H,1-3,7H2,(H,11,12)(H4,8,9,10)/t;4-/m.0/s1. The first-order valence-corrected chi connectivity index (χ1v) is 11.0. The van der Waals surface area contributed by atoms with E-state index in [4.69, 9.17) is 22.3 Å². The quantitative estimate of drug-likeness (QED) is 0.0506. The summed E-state index contributed by atoms with van der Waals surface area (Å²) in [5, 5.41) is 18.4. The zero-order valence-electron chi connectivity index (χ0n) is 20.9. The van der Waals surface area contributed by atoms with Gasteiger partial charge in [0, 0.05) is 12.4 Å². The average Bonchev–Trinajstić information content (AvgIpc) is 2.80. The molecule has 0 saturated carbocycles. The van der Waals surface area contributed by atoms with E-state index in [1.54, 1.807) is 0 Å². The Morgan fingerprint density at radius 2 is 1.26 bits per heavy atom. The molecule has 0 spiro atoms. The molecule has 8 N–H and O–H groups in total. The summed E-state index contributed by atoms with van der Waals surface area (Å²) in [6, 6.07) is -0.800. The van der Waals surface area contributed by atoms with Crippen LogP contribution in [-0.2, 0) is 19.1 Å². The predicted molar refractivity (Wildman–Crippen MR) is 109 cm³/mol. The minimum absolute atomic E-state index is 0.138. The van der Waals surface area contributed by atoms with Gasteiger partial charge in [-0.2, -0.15) is 57.1 Å². The molecular weight excluding hydrogens is 627 g/mol. The van der Waals surface area contributed by atoms with E-state index in [-0.39, 0.29) is 5.96 Å². The molecule has 23 heteroatoms. The molecule has 0 aromatic heterocycles. The van der Waals surface area contributed by atoms with Gasteiger partial charge >= 0.3 is 53.7 Å². The van der Waals surface area contributed by atoms with E-state index in [9.17, 15) is 76.6 Å². The largest absolute Gasteiger partial charge is 0.550 e. The van der Waals surface area contributed by atoms with E-state index in [0.717, 1.165) is 0 Å². The van der Waals surface area contributed by atoms with Crippen LogP contribution in [-0.4, -0.2) is 84.0 Å². The number of carboxylic acid groups (broad SMARTS) is 2. The summed E-state index contributed by atoms with van der Waals surface area (Å²) in [7, 11) is 0. The van der Waals surface area contributed by atoms with Crippen molar-refractivity contribution in [3.63, 3.8) is 0 Å². The van der Waals surface area contributed by atoms with Crippen molar-refractivity contribution in [2.24, 2.45) is 17.2 Å². The molecule has 0 aliphatic rings. The predicted octanol–water partition coefficient (Wildman–Crippen LogP) is 0.111. The van der Waals surface area contributed by atoms with Crippen LogP contribution < -0.4 is 27.3 Å². The Labute approximate surface area is 227 Å². The summed E-state index contributed by atoms with van der Waals surface area (Å²) < 4.78 is 170. The molecule has 0 aliphatic heterocycles. The summed E-state index contributed by atoms with van der Waals surface area (Å²) >= 11 is 0. The highest BCUT2D eigenvalue weighted by molar-refractivity contribution is 5.73. The number of hydrogen-bond donors (Lipinski definition) is 5. The summed E-state index contributed by atoms with van der Waals surface area (Å²) in [4.78, 5) is 33.9. The second-order valence-electron chi connectivity index (χ2n) is 8.16. The number of halogens is 13. The fourth-order valence-corrected chi connectivity index (χ4v) is 2.38. The van der Waals surface area contributed by atoms with E-state index in [2.05, 4.69) is 9.73 Å². The van der Waals surface area contributed by atoms with E-state index in [1.165, 1.54) is 0 Å². The molecule has 0 saturated heterocycles. The van der Waals surface area contributed by atoms with Crippen molar-refractivity contribution in [2.75, 3.05) is 13.2 Å². The smallest absolute Gasteiger partial charge is 0.460 e. The summed E-state index contributed by atoms with van der Waals surface area (Å²) in [6.45, 7) is -1.33. The molecule has 0 aromatic rings. The van der Waals surface area contributed by atoms with E-state index >= 15 is 0 Å². The average molecular weight is 652 g/mol. The van der Waals surface area contributed by atoms with Crippen molar-refractivity contribution in [3.8, 4) is 0 Å². The van der Waals surface area contributed by atoms with Crippen LogP contribution in [0.1, 0.15) is 38.5 Å². The van der Waals surface area contributed by atoms with E-state index in [1.807, 2.05) is 0 Å². The maximum atomic E-state index is 13.4. The van der Waals surface area contributed by atoms with Gasteiger partial charge in [0.2, 0.25) is 0 Å². The van der Waals surface area contributed by atoms with Gasteiger partial charge in [0.15, 0.2) is 0 Å². The Balaban J connectivity index is 0. The summed E-state index contributed by atoms with van der Waals surface area (Å²) in [5.74, 6) is -41.5. The van der Waals surface area contributed by atoms with Gasteiger partial charge in [-0.3, -0.25) is 26.0 Å². The van der Waals surface area contributed by atoms with Gasteiger partial charge in [0.05, 0.1) is 19.6 Å². The molecule has 0 amide bonds. The number of nitrogens with one attached hydrogen (secondary N) is 1. The van der Waals surface area contributed by atoms with Crippen LogP contribution in [0.3, 0.4) is 0 Å². The van der Waals surface area contributed by atoms with Crippen molar-refractivity contribution in [1.29, 1.82) is 0 Å². The lowest BCUT2D eigenvalue weighted by Gasteiger charge is -2.39. The van der Waals surface area contributed by atoms with Crippen LogP contribution in [0.2, 0.25) is 0 Å². The lowest BCUT2D eigenvalue weighted by Crippen LogP contribution is -2.78. The van der Waals surface area contributed by atoms with Crippen LogP contribution in [0, 0.1) is 0 Å². The molecule has 0 heterocycles. The second-order valence-corrected chi connectivity index (χ2v) is 8.16. The lowest BCUT2D eigenvalue weighted by atomic mass is 9.93. The first-order chi connectivity index (χ1) is 18.6. The minimum Gasteiger partial charge on any atom is -0.550 e. The molecule has 0 fully saturated rings. The number of aliphatic carboxylic acids is 2. The first kappa shape index (κ1) is 40.9. The fourth-order valence-electron chi connectivity index (χ4n) is 2.38. The number of carbonyl (C=O) groups is 3. The maximum Gasteiger partial charge on any atom is 0.460 e. The zero-order valence-corrected chi connectivity index (χ0v) is 20.9. The van der Waals surface area contributed by atoms with E-state index < -0.39 is 92.0 Å². The third-order valence-corrected chi connectivity index (χ3v) is 4.78. The number of esters is 1. The molecule has 10 nitrogen and oxygen atoms in total. The van der Waals surface area contributed by atoms with Gasteiger partial charge in [-0.15, -0.1) is 0 Å². The summed E-state index contributed by atoms with van der Waals surface area (Å²) in [5.41, 5.74) is 15.4. The third-order valence-electron chi connectivity index (χ3n) is 4.78. The number of nitrogens with two attached hydrogens (primary N) is 3. The Hall–Kier alpha value is -3.27. The highest BCUT2D eigenvalue weighted by Crippen LogP contribution is 2.60. The molecule has 0 aliphatic carbocycles. The minimum atomic E-state index is -7.99. The van der Waals surface area contributed by atoms with Crippen molar-refractivity contribution in [2.45, 2.75) is 80.4 Å². The highest BCUT2D eigenvalue weighted by atomic mass is 19.4. The van der Waals surface area contributed by atoms with Crippen LogP contribution in [0.25, 0.3) is 0 Å². The van der Waals surface area contributed by atoms with Crippen LogP contribution >= 0.6 is 0 Å². The molecule has 0 unspecified atom stereocenters. The molecule has 0 radical (unpaired) electrons. The number of carboxylic acids is 2. The monoisotopic (exact) mass is 652 g/mol. The van der Waals surface area contributed by atoms with Gasteiger partial charge in [-0.1, -0.05) is 0 Å². The van der Waals surface area contributed by atoms with Gasteiger partial charge in [-0.05, 0) is 25.7 Å². The van der Waals surface area contributed by atoms with Crippen LogP contribution in [0.4, 0.5) is 57.1 Å². The molecule has 0 aromatic carbocycles. The van der Waals surface area contributed by atoms with Crippen LogP contribution in [0.15, 0.2) is 0 Å². The Kier molecular flexibility index (Phi) is 14.9. The van der Waals surface area contributed by atoms with Gasteiger partial charge in [-0.25, -0.2) is 0 Å². The number of carbonyl (C=O) groups excluding carboxylic acids is 2. The second kappa shape index (κ2) is 15.3. The molecule has 248 valence electrons. The number of alkyl halides is 13. The Bertz CT molecular complexity index is 942. The first-order valence-electron chi connectivity index (χ1n) is 11.0. The van der Waals surface area contributed by atoms with E-state index in [0.29, 0.717) is 19.4 Å². The molecule has 0 rings (SSSR count). The number of guanidine groups is 1. The van der Waals surface area contributed by atoms with Gasteiger partial charge < -0.3 is 25.5 Å². The van der Waals surface area contributed by atoms with Gasteiger partial charge in [0.25, 0.3) is 0 Å². The molecule has 0 bridgehead atoms. The number of ether oxygens (including phenoxy) is 1. The fraction of sp³-hybridized carbons (Fsp3) is 0.789. The molecule has 42 heavy (non-hydrogen) atoms. The number of rotatable bonds is 16. The van der Waals surface area contributed by atoms with Gasteiger partial charge in [0.1, 0.15) is 6.04 Å². The van der Waals surface area contributed by atoms with Crippen molar-refractivity contribution in [3.05, 3.63) is 0 Å². The maximum absolute atomic E-state index is 13.4. The topological polar surface area (TPSA) is 196 Å². The lowest BCUT2D eigenvalue weighted by molar-refractivity contribution is -0.459. The Morgan fingerprint density at radius 3 is 1.67 bits per heavy atom. The van der Waals surface area contributed by atoms with Crippen molar-refractivity contribution in [1.82, 2.24) is 0 Å². The third kappa shape index (κ3) is 10.9. The number of hydrogen-bond acceptors (Lipinski definition) is 6. The van der Waals surface area contributed by atoms with Crippen molar-refractivity contribution >= 4 is 23.9 Å².